The van der Waals surface area contributed by atoms with Gasteiger partial charge >= 0.3 is 5.69 Å². The number of hydrogen-bond donors (Lipinski definition) is 1. The molecule has 2 aromatic carbocycles. The number of pyridine rings is 1. The lowest BCUT2D eigenvalue weighted by molar-refractivity contribution is -0.131. The van der Waals surface area contributed by atoms with Gasteiger partial charge in [0.1, 0.15) is 5.82 Å². The van der Waals surface area contributed by atoms with Crippen molar-refractivity contribution in [3.63, 3.8) is 0 Å². The van der Waals surface area contributed by atoms with E-state index in [9.17, 15) is 9.59 Å². The van der Waals surface area contributed by atoms with Gasteiger partial charge in [-0.2, -0.15) is 5.10 Å². The van der Waals surface area contributed by atoms with Gasteiger partial charge in [-0.15, -0.1) is 0 Å². The van der Waals surface area contributed by atoms with E-state index < -0.39 is 0 Å². The van der Waals surface area contributed by atoms with Crippen LogP contribution in [0.1, 0.15) is 25.1 Å². The second-order valence-electron chi connectivity index (χ2n) is 9.16. The maximum absolute atomic E-state index is 12.6. The molecule has 1 saturated heterocycles. The number of rotatable bonds is 5. The summed E-state index contributed by atoms with van der Waals surface area (Å²) in [7, 11) is 0. The molecule has 2 aliphatic rings. The molecule has 2 fully saturated rings. The summed E-state index contributed by atoms with van der Waals surface area (Å²) in [5.41, 5.74) is 3.65. The Hall–Kier alpha value is -3.74. The van der Waals surface area contributed by atoms with Crippen LogP contribution in [0.15, 0.2) is 65.6 Å². The van der Waals surface area contributed by atoms with Gasteiger partial charge in [-0.3, -0.25) is 9.78 Å². The van der Waals surface area contributed by atoms with Crippen molar-refractivity contribution in [1.82, 2.24) is 24.6 Å². The van der Waals surface area contributed by atoms with Crippen LogP contribution in [0, 0.1) is 11.8 Å². The summed E-state index contributed by atoms with van der Waals surface area (Å²) in [6.07, 6.45) is 5.49. The molecule has 0 bridgehead atoms. The van der Waals surface area contributed by atoms with Gasteiger partial charge in [0.15, 0.2) is 0 Å². The topological polar surface area (TPSA) is 83.9 Å². The molecule has 3 heterocycles. The number of aromatic nitrogens is 4. The van der Waals surface area contributed by atoms with Crippen LogP contribution in [0.3, 0.4) is 0 Å². The molecule has 1 aliphatic heterocycles. The number of carbonyl (C=O) groups is 1. The van der Waals surface area contributed by atoms with Gasteiger partial charge in [0.25, 0.3) is 0 Å². The summed E-state index contributed by atoms with van der Waals surface area (Å²) < 4.78 is 1.65. The van der Waals surface area contributed by atoms with Crippen LogP contribution < -0.4 is 5.69 Å². The third kappa shape index (κ3) is 3.84. The fourth-order valence-corrected chi connectivity index (χ4v) is 4.83. The Labute approximate surface area is 191 Å². The monoisotopic (exact) mass is 439 g/mol. The second-order valence-corrected chi connectivity index (χ2v) is 9.16. The number of hydrogen-bond acceptors (Lipinski definition) is 4. The summed E-state index contributed by atoms with van der Waals surface area (Å²) in [5.74, 6) is 1.60. The highest BCUT2D eigenvalue weighted by atomic mass is 16.2. The minimum atomic E-state index is -0.239. The van der Waals surface area contributed by atoms with Crippen LogP contribution in [-0.2, 0) is 11.2 Å². The Balaban J connectivity index is 1.22. The number of amides is 1. The molecule has 1 amide bonds. The fourth-order valence-electron chi connectivity index (χ4n) is 4.83. The number of carbonyl (C=O) groups excluding carboxylic acids is 1. The number of fused-ring (bicyclic) bond motifs is 1. The minimum absolute atomic E-state index is 0.239. The van der Waals surface area contributed by atoms with E-state index in [2.05, 4.69) is 33.4 Å². The zero-order valence-electron chi connectivity index (χ0n) is 18.3. The zero-order valence-corrected chi connectivity index (χ0v) is 18.3. The quantitative estimate of drug-likeness (QED) is 0.515. The van der Waals surface area contributed by atoms with E-state index in [-0.39, 0.29) is 11.6 Å². The third-order valence-corrected chi connectivity index (χ3v) is 6.80. The number of likely N-dealkylation sites (tertiary alicyclic amines) is 1. The smallest absolute Gasteiger partial charge is 0.342 e. The van der Waals surface area contributed by atoms with E-state index in [4.69, 9.17) is 0 Å². The lowest BCUT2D eigenvalue weighted by Crippen LogP contribution is -2.30. The molecule has 7 heteroatoms. The highest BCUT2D eigenvalue weighted by Gasteiger charge is 2.36. The Morgan fingerprint density at radius 3 is 2.67 bits per heavy atom. The lowest BCUT2D eigenvalue weighted by Gasteiger charge is -2.16. The highest BCUT2D eigenvalue weighted by Crippen LogP contribution is 2.33. The number of nitrogens with one attached hydrogen (secondary N) is 1. The van der Waals surface area contributed by atoms with Gasteiger partial charge in [-0.1, -0.05) is 30.3 Å². The minimum Gasteiger partial charge on any atom is -0.342 e. The fraction of sp³-hybridized carbons (Fsp3) is 0.308. The largest absolute Gasteiger partial charge is 0.347 e. The molecule has 1 saturated carbocycles. The number of benzene rings is 2. The van der Waals surface area contributed by atoms with Crippen LogP contribution in [0.5, 0.6) is 0 Å². The first-order valence-electron chi connectivity index (χ1n) is 11.6. The van der Waals surface area contributed by atoms with E-state index in [1.807, 2.05) is 41.3 Å². The molecule has 7 nitrogen and oxygen atoms in total. The molecule has 1 N–H and O–H groups in total. The van der Waals surface area contributed by atoms with Crippen LogP contribution in [0.25, 0.3) is 27.7 Å². The molecule has 166 valence electrons. The van der Waals surface area contributed by atoms with Crippen molar-refractivity contribution in [2.45, 2.75) is 25.7 Å². The maximum Gasteiger partial charge on any atom is 0.347 e. The van der Waals surface area contributed by atoms with E-state index in [1.54, 1.807) is 10.8 Å². The van der Waals surface area contributed by atoms with Gasteiger partial charge in [-0.25, -0.2) is 14.5 Å². The average Bonchev–Trinajstić information content (AvgIpc) is 3.50. The predicted octanol–water partition coefficient (Wildman–Crippen LogP) is 3.58. The SMILES string of the molecule is O=C(C1CC1)N1CCC(Cc2n[nH]c(=O)n2-c2ccc(-c3ccc4cccnc4c3)cc2)C1. The highest BCUT2D eigenvalue weighted by molar-refractivity contribution is 5.84. The predicted molar refractivity (Wildman–Crippen MR) is 126 cm³/mol. The van der Waals surface area contributed by atoms with Crippen molar-refractivity contribution in [1.29, 1.82) is 0 Å². The Morgan fingerprint density at radius 2 is 1.85 bits per heavy atom. The molecule has 33 heavy (non-hydrogen) atoms. The summed E-state index contributed by atoms with van der Waals surface area (Å²) in [5, 5.41) is 8.02. The summed E-state index contributed by atoms with van der Waals surface area (Å²) in [6, 6.07) is 18.2. The van der Waals surface area contributed by atoms with Gasteiger partial charge in [0, 0.05) is 37.0 Å². The van der Waals surface area contributed by atoms with Gasteiger partial charge in [0.2, 0.25) is 5.91 Å². The molecule has 0 spiro atoms. The Bertz CT molecular complexity index is 1380. The first-order chi connectivity index (χ1) is 16.2. The maximum atomic E-state index is 12.6. The van der Waals surface area contributed by atoms with Gasteiger partial charge in [-0.05, 0) is 60.6 Å². The third-order valence-electron chi connectivity index (χ3n) is 6.80. The van der Waals surface area contributed by atoms with Crippen LogP contribution in [-0.4, -0.2) is 43.6 Å². The molecule has 4 aromatic rings. The Morgan fingerprint density at radius 1 is 1.03 bits per heavy atom. The number of H-pyrrole nitrogens is 1. The van der Waals surface area contributed by atoms with E-state index in [0.717, 1.165) is 60.1 Å². The lowest BCUT2D eigenvalue weighted by atomic mass is 10.0. The van der Waals surface area contributed by atoms with E-state index in [1.165, 1.54) is 0 Å². The molecule has 6 rings (SSSR count). The molecular formula is C26H25N5O2. The number of aromatic amines is 1. The van der Waals surface area contributed by atoms with Gasteiger partial charge in [0.05, 0.1) is 11.2 Å². The van der Waals surface area contributed by atoms with Crippen molar-refractivity contribution < 1.29 is 4.79 Å². The van der Waals surface area contributed by atoms with E-state index >= 15 is 0 Å². The first-order valence-corrected chi connectivity index (χ1v) is 11.6. The summed E-state index contributed by atoms with van der Waals surface area (Å²) >= 11 is 0. The van der Waals surface area contributed by atoms with Crippen LogP contribution >= 0.6 is 0 Å². The van der Waals surface area contributed by atoms with Crippen LogP contribution in [0.4, 0.5) is 0 Å². The standard InChI is InChI=1S/C26H25N5O2/c32-25(20-4-5-20)30-13-11-17(16-30)14-24-28-29-26(33)31(24)22-9-7-18(8-10-22)21-6-3-19-2-1-12-27-23(19)15-21/h1-3,6-10,12,15,17,20H,4-5,11,13-14,16H2,(H,29,33). The normalized spacial score (nSPS) is 18.2. The molecular weight excluding hydrogens is 414 g/mol. The zero-order chi connectivity index (χ0) is 22.4. The molecule has 2 aromatic heterocycles. The van der Waals surface area contributed by atoms with Crippen molar-refractivity contribution >= 4 is 16.8 Å². The van der Waals surface area contributed by atoms with Crippen molar-refractivity contribution in [3.05, 3.63) is 77.1 Å². The van der Waals surface area contributed by atoms with E-state index in [0.29, 0.717) is 24.1 Å². The molecule has 1 atom stereocenters. The molecule has 1 unspecified atom stereocenters. The summed E-state index contributed by atoms with van der Waals surface area (Å²) in [6.45, 7) is 1.56. The molecule has 1 aliphatic carbocycles. The number of nitrogens with zero attached hydrogens (tertiary/aromatic N) is 4. The summed E-state index contributed by atoms with van der Waals surface area (Å²) in [4.78, 5) is 31.4. The van der Waals surface area contributed by atoms with Crippen LogP contribution in [0.2, 0.25) is 0 Å². The first kappa shape index (κ1) is 19.9. The van der Waals surface area contributed by atoms with Crippen molar-refractivity contribution in [2.75, 3.05) is 13.1 Å². The van der Waals surface area contributed by atoms with Crippen molar-refractivity contribution in [2.24, 2.45) is 11.8 Å². The molecule has 0 radical (unpaired) electrons. The second kappa shape index (κ2) is 7.99. The van der Waals surface area contributed by atoms with Gasteiger partial charge < -0.3 is 4.90 Å². The Kier molecular flexibility index (Phi) is 4.82. The average molecular weight is 440 g/mol. The van der Waals surface area contributed by atoms with Crippen molar-refractivity contribution in [3.8, 4) is 16.8 Å².